The molecule has 24 heavy (non-hydrogen) atoms. The van der Waals surface area contributed by atoms with E-state index in [0.29, 0.717) is 17.8 Å². The Hall–Kier alpha value is -3.35. The summed E-state index contributed by atoms with van der Waals surface area (Å²) in [5, 5.41) is 2.85. The number of para-hydroxylation sites is 1. The topological polar surface area (TPSA) is 132 Å². The molecule has 0 unspecified atom stereocenters. The van der Waals surface area contributed by atoms with Crippen LogP contribution in [0.15, 0.2) is 58.5 Å². The quantitative estimate of drug-likeness (QED) is 0.496. The Morgan fingerprint density at radius 1 is 1.04 bits per heavy atom. The number of benzene rings is 2. The van der Waals surface area contributed by atoms with Crippen molar-refractivity contribution < 1.29 is 4.79 Å². The van der Waals surface area contributed by atoms with E-state index in [1.165, 1.54) is 5.56 Å². The lowest BCUT2D eigenvalue weighted by atomic mass is 10.1. The molecule has 0 atom stereocenters. The van der Waals surface area contributed by atoms with E-state index in [2.05, 4.69) is 15.3 Å². The second kappa shape index (κ2) is 7.77. The van der Waals surface area contributed by atoms with Crippen LogP contribution in [-0.2, 0) is 6.54 Å². The van der Waals surface area contributed by atoms with Gasteiger partial charge in [0.25, 0.3) is 5.91 Å². The second-order valence-corrected chi connectivity index (χ2v) is 5.19. The molecule has 0 spiro atoms. The third-order valence-corrected chi connectivity index (χ3v) is 3.20. The molecule has 2 rings (SSSR count). The number of rotatable bonds is 4. The van der Waals surface area contributed by atoms with E-state index in [-0.39, 0.29) is 17.8 Å². The van der Waals surface area contributed by atoms with Crippen LogP contribution < -0.4 is 22.5 Å². The summed E-state index contributed by atoms with van der Waals surface area (Å²) in [6.07, 6.45) is 0. The highest BCUT2D eigenvalue weighted by atomic mass is 16.1. The van der Waals surface area contributed by atoms with Crippen molar-refractivity contribution in [1.82, 2.24) is 5.32 Å². The van der Waals surface area contributed by atoms with Gasteiger partial charge < -0.3 is 22.5 Å². The Morgan fingerprint density at radius 2 is 1.71 bits per heavy atom. The molecule has 0 heterocycles. The van der Waals surface area contributed by atoms with Gasteiger partial charge in [0.15, 0.2) is 5.96 Å². The number of amides is 1. The minimum absolute atomic E-state index is 0.117. The van der Waals surface area contributed by atoms with Crippen LogP contribution in [-0.4, -0.2) is 17.8 Å². The third kappa shape index (κ3) is 4.84. The highest BCUT2D eigenvalue weighted by Gasteiger charge is 2.10. The van der Waals surface area contributed by atoms with Crippen LogP contribution in [0.25, 0.3) is 0 Å². The minimum atomic E-state index is -0.257. The van der Waals surface area contributed by atoms with Crippen molar-refractivity contribution in [2.45, 2.75) is 13.5 Å². The van der Waals surface area contributed by atoms with Crippen LogP contribution >= 0.6 is 0 Å². The maximum absolute atomic E-state index is 12.4. The van der Waals surface area contributed by atoms with E-state index >= 15 is 0 Å². The number of nitrogens with two attached hydrogens (primary N) is 3. The van der Waals surface area contributed by atoms with Gasteiger partial charge in [-0.1, -0.05) is 42.0 Å². The van der Waals surface area contributed by atoms with Gasteiger partial charge in [0, 0.05) is 6.54 Å². The fourth-order valence-electron chi connectivity index (χ4n) is 2.03. The Kier molecular flexibility index (Phi) is 5.51. The van der Waals surface area contributed by atoms with E-state index in [1.807, 2.05) is 31.2 Å². The molecule has 2 aromatic rings. The molecule has 0 fully saturated rings. The molecule has 0 aliphatic carbocycles. The number of carbonyl (C=O) groups excluding carboxylic acids is 1. The Balaban J connectivity index is 2.15. The largest absolute Gasteiger partial charge is 0.370 e. The molecule has 1 amide bonds. The van der Waals surface area contributed by atoms with Gasteiger partial charge in [0.2, 0.25) is 5.96 Å². The Bertz CT molecular complexity index is 776. The Morgan fingerprint density at radius 3 is 2.38 bits per heavy atom. The molecule has 7 nitrogen and oxygen atoms in total. The standard InChI is InChI=1S/C17H20N6O/c1-11-6-8-12(9-7-11)10-21-15(24)13-4-2-3-5-14(13)22-17(20)23-16(18)19/h2-9H,10H2,1H3,(H,21,24)(H6,18,19,20,22,23). The number of hydrogen-bond donors (Lipinski definition) is 4. The summed E-state index contributed by atoms with van der Waals surface area (Å²) in [6, 6.07) is 14.7. The van der Waals surface area contributed by atoms with Crippen molar-refractivity contribution in [1.29, 1.82) is 0 Å². The first-order chi connectivity index (χ1) is 11.5. The van der Waals surface area contributed by atoms with Crippen molar-refractivity contribution in [3.63, 3.8) is 0 Å². The first-order valence-corrected chi connectivity index (χ1v) is 7.32. The average molecular weight is 324 g/mol. The molecule has 2 aromatic carbocycles. The van der Waals surface area contributed by atoms with Gasteiger partial charge in [-0.25, -0.2) is 4.99 Å². The molecule has 0 aliphatic rings. The number of nitrogens with zero attached hydrogens (tertiary/aromatic N) is 2. The molecule has 0 radical (unpaired) electrons. The molecule has 124 valence electrons. The zero-order valence-electron chi connectivity index (χ0n) is 13.4. The zero-order chi connectivity index (χ0) is 17.5. The summed E-state index contributed by atoms with van der Waals surface area (Å²) in [5.41, 5.74) is 19.1. The van der Waals surface area contributed by atoms with Crippen LogP contribution in [0, 0.1) is 6.92 Å². The van der Waals surface area contributed by atoms with Crippen molar-refractivity contribution in [3.05, 3.63) is 65.2 Å². The zero-order valence-corrected chi connectivity index (χ0v) is 13.4. The molecular formula is C17H20N6O. The maximum Gasteiger partial charge on any atom is 0.253 e. The Labute approximate surface area is 140 Å². The fourth-order valence-corrected chi connectivity index (χ4v) is 2.03. The molecule has 0 bridgehead atoms. The van der Waals surface area contributed by atoms with Gasteiger partial charge in [-0.15, -0.1) is 0 Å². The van der Waals surface area contributed by atoms with E-state index in [1.54, 1.807) is 24.3 Å². The van der Waals surface area contributed by atoms with Gasteiger partial charge in [-0.3, -0.25) is 4.79 Å². The van der Waals surface area contributed by atoms with E-state index in [4.69, 9.17) is 17.2 Å². The molecule has 0 saturated heterocycles. The average Bonchev–Trinajstić information content (AvgIpc) is 2.53. The lowest BCUT2D eigenvalue weighted by molar-refractivity contribution is 0.0951. The number of nitrogens with one attached hydrogen (secondary N) is 1. The molecule has 0 aliphatic heterocycles. The predicted molar refractivity (Wildman–Crippen MR) is 95.9 cm³/mol. The monoisotopic (exact) mass is 324 g/mol. The fraction of sp³-hybridized carbons (Fsp3) is 0.118. The lowest BCUT2D eigenvalue weighted by Gasteiger charge is -2.08. The summed E-state index contributed by atoms with van der Waals surface area (Å²) >= 11 is 0. The van der Waals surface area contributed by atoms with Crippen molar-refractivity contribution in [3.8, 4) is 0 Å². The summed E-state index contributed by atoms with van der Waals surface area (Å²) in [4.78, 5) is 20.1. The predicted octanol–water partition coefficient (Wildman–Crippen LogP) is 1.14. The van der Waals surface area contributed by atoms with Crippen LogP contribution in [0.2, 0.25) is 0 Å². The molecule has 7 heteroatoms. The SMILES string of the molecule is Cc1ccc(CNC(=O)c2ccccc2N=C(N)N=C(N)N)cc1. The molecular weight excluding hydrogens is 304 g/mol. The normalized spacial score (nSPS) is 11.0. The summed E-state index contributed by atoms with van der Waals surface area (Å²) in [6.45, 7) is 2.43. The molecule has 7 N–H and O–H groups in total. The van der Waals surface area contributed by atoms with Crippen LogP contribution in [0.4, 0.5) is 5.69 Å². The van der Waals surface area contributed by atoms with Crippen molar-refractivity contribution in [2.75, 3.05) is 0 Å². The van der Waals surface area contributed by atoms with Crippen molar-refractivity contribution >= 4 is 23.5 Å². The van der Waals surface area contributed by atoms with Gasteiger partial charge in [-0.05, 0) is 24.6 Å². The van der Waals surface area contributed by atoms with Crippen molar-refractivity contribution in [2.24, 2.45) is 27.2 Å². The highest BCUT2D eigenvalue weighted by molar-refractivity contribution is 6.01. The van der Waals surface area contributed by atoms with Gasteiger partial charge in [-0.2, -0.15) is 4.99 Å². The molecule has 0 aromatic heterocycles. The maximum atomic E-state index is 12.4. The van der Waals surface area contributed by atoms with E-state index in [0.717, 1.165) is 5.56 Å². The second-order valence-electron chi connectivity index (χ2n) is 5.19. The first kappa shape index (κ1) is 17.0. The summed E-state index contributed by atoms with van der Waals surface area (Å²) in [7, 11) is 0. The summed E-state index contributed by atoms with van der Waals surface area (Å²) in [5.74, 6) is -0.571. The van der Waals surface area contributed by atoms with E-state index < -0.39 is 0 Å². The van der Waals surface area contributed by atoms with Gasteiger partial charge in [0.1, 0.15) is 0 Å². The number of aryl methyl sites for hydroxylation is 1. The van der Waals surface area contributed by atoms with Crippen LogP contribution in [0.1, 0.15) is 21.5 Å². The number of aliphatic imine (C=N–C) groups is 2. The van der Waals surface area contributed by atoms with Gasteiger partial charge >= 0.3 is 0 Å². The van der Waals surface area contributed by atoms with Crippen LogP contribution in [0.3, 0.4) is 0 Å². The number of hydrogen-bond acceptors (Lipinski definition) is 2. The lowest BCUT2D eigenvalue weighted by Crippen LogP contribution is -2.26. The number of guanidine groups is 2. The smallest absolute Gasteiger partial charge is 0.253 e. The minimum Gasteiger partial charge on any atom is -0.370 e. The summed E-state index contributed by atoms with van der Waals surface area (Å²) < 4.78 is 0. The van der Waals surface area contributed by atoms with Gasteiger partial charge in [0.05, 0.1) is 11.3 Å². The number of carbonyl (C=O) groups is 1. The van der Waals surface area contributed by atoms with Crippen LogP contribution in [0.5, 0.6) is 0 Å². The van der Waals surface area contributed by atoms with E-state index in [9.17, 15) is 4.79 Å². The highest BCUT2D eigenvalue weighted by Crippen LogP contribution is 2.18. The first-order valence-electron chi connectivity index (χ1n) is 7.32. The molecule has 0 saturated carbocycles. The third-order valence-electron chi connectivity index (χ3n) is 3.20.